The van der Waals surface area contributed by atoms with Crippen molar-refractivity contribution in [1.82, 2.24) is 4.90 Å². The van der Waals surface area contributed by atoms with Crippen LogP contribution in [0.2, 0.25) is 0 Å². The van der Waals surface area contributed by atoms with Gasteiger partial charge in [0.2, 0.25) is 5.75 Å². The first-order chi connectivity index (χ1) is 10.4. The Morgan fingerprint density at radius 2 is 2.00 bits per heavy atom. The molecule has 6 heteroatoms. The summed E-state index contributed by atoms with van der Waals surface area (Å²) in [7, 11) is 0. The van der Waals surface area contributed by atoms with Crippen LogP contribution in [0, 0.1) is 29.9 Å². The first kappa shape index (κ1) is 16.3. The number of likely N-dealkylation sites (tertiary alicyclic amines) is 1. The average molecular weight is 306 g/mol. The highest BCUT2D eigenvalue weighted by atomic mass is 16.6. The van der Waals surface area contributed by atoms with Crippen LogP contribution in [0.4, 0.5) is 5.69 Å². The molecule has 2 rings (SSSR count). The first-order valence-electron chi connectivity index (χ1n) is 7.54. The number of hydrogen-bond acceptors (Lipinski definition) is 4. The van der Waals surface area contributed by atoms with Gasteiger partial charge in [-0.3, -0.25) is 14.9 Å². The Hall–Kier alpha value is -2.11. The summed E-state index contributed by atoms with van der Waals surface area (Å²) in [6, 6.07) is 3.28. The second kappa shape index (κ2) is 6.77. The summed E-state index contributed by atoms with van der Waals surface area (Å²) in [5, 5.41) is 11.1. The molecule has 120 valence electrons. The van der Waals surface area contributed by atoms with Crippen molar-refractivity contribution in [3.8, 4) is 5.75 Å². The van der Waals surface area contributed by atoms with Crippen molar-refractivity contribution < 1.29 is 14.5 Å². The molecule has 0 radical (unpaired) electrons. The van der Waals surface area contributed by atoms with Gasteiger partial charge in [0, 0.05) is 19.2 Å². The van der Waals surface area contributed by atoms with E-state index in [0.717, 1.165) is 31.5 Å². The van der Waals surface area contributed by atoms with Crippen LogP contribution in [0.5, 0.6) is 5.75 Å². The fourth-order valence-electron chi connectivity index (χ4n) is 2.74. The van der Waals surface area contributed by atoms with Gasteiger partial charge >= 0.3 is 5.69 Å². The van der Waals surface area contributed by atoms with E-state index in [0.29, 0.717) is 11.5 Å². The van der Waals surface area contributed by atoms with Gasteiger partial charge in [0.25, 0.3) is 5.91 Å². The lowest BCUT2D eigenvalue weighted by Gasteiger charge is -2.30. The number of aryl methyl sites for hydroxylation is 2. The van der Waals surface area contributed by atoms with Gasteiger partial charge in [-0.1, -0.05) is 13.0 Å². The van der Waals surface area contributed by atoms with Crippen LogP contribution in [-0.2, 0) is 4.79 Å². The second-order valence-electron chi connectivity index (χ2n) is 6.04. The summed E-state index contributed by atoms with van der Waals surface area (Å²) in [5.41, 5.74) is 1.39. The number of nitro benzene ring substituents is 1. The maximum Gasteiger partial charge on any atom is 0.311 e. The molecule has 0 N–H and O–H groups in total. The second-order valence-corrected chi connectivity index (χ2v) is 6.04. The van der Waals surface area contributed by atoms with Crippen molar-refractivity contribution >= 4 is 11.6 Å². The number of hydrogen-bond donors (Lipinski definition) is 0. The largest absolute Gasteiger partial charge is 0.477 e. The maximum atomic E-state index is 12.2. The van der Waals surface area contributed by atoms with E-state index in [1.54, 1.807) is 18.7 Å². The molecule has 0 bridgehead atoms. The Balaban J connectivity index is 2.05. The fraction of sp³-hybridized carbons (Fsp3) is 0.562. The van der Waals surface area contributed by atoms with E-state index in [4.69, 9.17) is 4.74 Å². The SMILES string of the molecule is Cc1cc(C)c(OCC(=O)N2CCC(C)CC2)c([N+](=O)[O-])c1. The van der Waals surface area contributed by atoms with Gasteiger partial charge in [-0.2, -0.15) is 0 Å². The summed E-state index contributed by atoms with van der Waals surface area (Å²) < 4.78 is 5.49. The minimum atomic E-state index is -0.470. The minimum Gasteiger partial charge on any atom is -0.477 e. The zero-order valence-electron chi connectivity index (χ0n) is 13.3. The maximum absolute atomic E-state index is 12.2. The molecule has 1 saturated heterocycles. The van der Waals surface area contributed by atoms with Crippen LogP contribution >= 0.6 is 0 Å². The highest BCUT2D eigenvalue weighted by Crippen LogP contribution is 2.32. The monoisotopic (exact) mass is 306 g/mol. The molecule has 22 heavy (non-hydrogen) atoms. The molecule has 0 unspecified atom stereocenters. The third-order valence-corrected chi connectivity index (χ3v) is 4.07. The molecule has 1 amide bonds. The Kier molecular flexibility index (Phi) is 5.00. The molecule has 0 saturated carbocycles. The standard InChI is InChI=1S/C16H22N2O4/c1-11-4-6-17(7-5-11)15(19)10-22-16-13(3)8-12(2)9-14(16)18(20)21/h8-9,11H,4-7,10H2,1-3H3. The molecule has 0 aromatic heterocycles. The smallest absolute Gasteiger partial charge is 0.311 e. The van der Waals surface area contributed by atoms with Gasteiger partial charge in [-0.25, -0.2) is 0 Å². The van der Waals surface area contributed by atoms with E-state index in [2.05, 4.69) is 6.92 Å². The quantitative estimate of drug-likeness (QED) is 0.633. The van der Waals surface area contributed by atoms with E-state index in [1.807, 2.05) is 6.07 Å². The molecule has 1 aliphatic heterocycles. The number of ether oxygens (including phenoxy) is 1. The Morgan fingerprint density at radius 3 is 2.59 bits per heavy atom. The topological polar surface area (TPSA) is 72.7 Å². The molecular formula is C16H22N2O4. The van der Waals surface area contributed by atoms with Crippen molar-refractivity contribution in [2.75, 3.05) is 19.7 Å². The molecule has 0 spiro atoms. The van der Waals surface area contributed by atoms with Crippen LogP contribution in [0.1, 0.15) is 30.9 Å². The van der Waals surface area contributed by atoms with Crippen molar-refractivity contribution in [1.29, 1.82) is 0 Å². The van der Waals surface area contributed by atoms with Gasteiger partial charge in [-0.05, 0) is 43.7 Å². The minimum absolute atomic E-state index is 0.0856. The zero-order chi connectivity index (χ0) is 16.3. The molecule has 0 atom stereocenters. The predicted octanol–water partition coefficient (Wildman–Crippen LogP) is 2.85. The third kappa shape index (κ3) is 3.75. The number of nitrogens with zero attached hydrogens (tertiary/aromatic N) is 2. The predicted molar refractivity (Wildman–Crippen MR) is 83.0 cm³/mol. The number of benzene rings is 1. The van der Waals surface area contributed by atoms with Gasteiger partial charge < -0.3 is 9.64 Å². The molecule has 1 fully saturated rings. The molecule has 1 aromatic carbocycles. The van der Waals surface area contributed by atoms with Crippen LogP contribution in [-0.4, -0.2) is 35.4 Å². The molecule has 1 aromatic rings. The third-order valence-electron chi connectivity index (χ3n) is 4.07. The lowest BCUT2D eigenvalue weighted by molar-refractivity contribution is -0.385. The number of piperidine rings is 1. The van der Waals surface area contributed by atoms with E-state index in [1.165, 1.54) is 6.07 Å². The van der Waals surface area contributed by atoms with Gasteiger partial charge in [0.15, 0.2) is 6.61 Å². The van der Waals surface area contributed by atoms with E-state index in [9.17, 15) is 14.9 Å². The van der Waals surface area contributed by atoms with Crippen LogP contribution in [0.25, 0.3) is 0 Å². The number of carbonyl (C=O) groups excluding carboxylic acids is 1. The summed E-state index contributed by atoms with van der Waals surface area (Å²) in [5.74, 6) is 0.723. The Bertz CT molecular complexity index is 578. The van der Waals surface area contributed by atoms with Crippen LogP contribution in [0.3, 0.4) is 0 Å². The summed E-state index contributed by atoms with van der Waals surface area (Å²) in [4.78, 5) is 24.6. The van der Waals surface area contributed by atoms with Gasteiger partial charge in [0.1, 0.15) is 0 Å². The lowest BCUT2D eigenvalue weighted by atomic mass is 9.99. The first-order valence-corrected chi connectivity index (χ1v) is 7.54. The highest BCUT2D eigenvalue weighted by molar-refractivity contribution is 5.78. The number of carbonyl (C=O) groups is 1. The van der Waals surface area contributed by atoms with Crippen LogP contribution < -0.4 is 4.74 Å². The molecule has 1 aliphatic rings. The highest BCUT2D eigenvalue weighted by Gasteiger charge is 2.23. The van der Waals surface area contributed by atoms with E-state index in [-0.39, 0.29) is 24.0 Å². The van der Waals surface area contributed by atoms with E-state index < -0.39 is 4.92 Å². The molecule has 6 nitrogen and oxygen atoms in total. The van der Waals surface area contributed by atoms with Gasteiger partial charge in [0.05, 0.1) is 4.92 Å². The van der Waals surface area contributed by atoms with E-state index >= 15 is 0 Å². The fourth-order valence-corrected chi connectivity index (χ4v) is 2.74. The van der Waals surface area contributed by atoms with Crippen molar-refractivity contribution in [2.24, 2.45) is 5.92 Å². The molecule has 1 heterocycles. The summed E-state index contributed by atoms with van der Waals surface area (Å²) >= 11 is 0. The lowest BCUT2D eigenvalue weighted by Crippen LogP contribution is -2.40. The number of nitro groups is 1. The summed E-state index contributed by atoms with van der Waals surface area (Å²) in [6.45, 7) is 7.04. The summed E-state index contributed by atoms with van der Waals surface area (Å²) in [6.07, 6.45) is 1.99. The normalized spacial score (nSPS) is 15.7. The molecule has 0 aliphatic carbocycles. The Labute approximate surface area is 130 Å². The van der Waals surface area contributed by atoms with Gasteiger partial charge in [-0.15, -0.1) is 0 Å². The Morgan fingerprint density at radius 1 is 1.36 bits per heavy atom. The molecular weight excluding hydrogens is 284 g/mol. The van der Waals surface area contributed by atoms with Crippen molar-refractivity contribution in [3.05, 3.63) is 33.4 Å². The number of rotatable bonds is 4. The van der Waals surface area contributed by atoms with Crippen LogP contribution in [0.15, 0.2) is 12.1 Å². The number of amides is 1. The average Bonchev–Trinajstić information content (AvgIpc) is 2.45. The van der Waals surface area contributed by atoms with Crippen molar-refractivity contribution in [3.63, 3.8) is 0 Å². The van der Waals surface area contributed by atoms with Crippen molar-refractivity contribution in [2.45, 2.75) is 33.6 Å². The zero-order valence-corrected chi connectivity index (χ0v) is 13.3.